The lowest BCUT2D eigenvalue weighted by molar-refractivity contribution is 0.102. The molecule has 0 unspecified atom stereocenters. The van der Waals surface area contributed by atoms with Crippen LogP contribution in [0.4, 0.5) is 4.39 Å². The topological polar surface area (TPSA) is 60.7 Å². The third-order valence-corrected chi connectivity index (χ3v) is 1.80. The number of hydrogen-bond donors (Lipinski definition) is 0. The summed E-state index contributed by atoms with van der Waals surface area (Å²) in [5.41, 5.74) is 0.341. The van der Waals surface area contributed by atoms with Crippen molar-refractivity contribution in [1.82, 2.24) is 20.0 Å². The smallest absolute Gasteiger partial charge is 0.233 e. The van der Waals surface area contributed by atoms with E-state index in [9.17, 15) is 9.18 Å². The Kier molecular flexibility index (Phi) is 2.24. The van der Waals surface area contributed by atoms with Crippen LogP contribution in [0.1, 0.15) is 16.2 Å². The van der Waals surface area contributed by atoms with Gasteiger partial charge in [0.15, 0.2) is 5.69 Å². The van der Waals surface area contributed by atoms with Crippen molar-refractivity contribution >= 4 is 5.78 Å². The van der Waals surface area contributed by atoms with E-state index in [0.717, 1.165) is 6.20 Å². The second-order valence-electron chi connectivity index (χ2n) is 2.97. The van der Waals surface area contributed by atoms with Gasteiger partial charge in [-0.15, -0.1) is 5.10 Å². The summed E-state index contributed by atoms with van der Waals surface area (Å²) in [6.45, 7) is 0. The van der Waals surface area contributed by atoms with E-state index in [4.69, 9.17) is 0 Å². The van der Waals surface area contributed by atoms with Gasteiger partial charge in [0.2, 0.25) is 5.78 Å². The molecule has 0 atom stereocenters. The van der Waals surface area contributed by atoms with Gasteiger partial charge in [0.25, 0.3) is 0 Å². The van der Waals surface area contributed by atoms with Crippen LogP contribution in [0, 0.1) is 5.82 Å². The van der Waals surface area contributed by atoms with Crippen LogP contribution in [-0.4, -0.2) is 25.8 Å². The van der Waals surface area contributed by atoms with E-state index in [1.54, 1.807) is 7.05 Å². The SMILES string of the molecule is Cn1cc(C(=O)c2ccc(F)cn2)nn1. The maximum atomic E-state index is 12.6. The first kappa shape index (κ1) is 9.45. The normalized spacial score (nSPS) is 10.3. The zero-order valence-electron chi connectivity index (χ0n) is 7.88. The van der Waals surface area contributed by atoms with Gasteiger partial charge in [-0.25, -0.2) is 9.37 Å². The number of carbonyl (C=O) groups excluding carboxylic acids is 1. The van der Waals surface area contributed by atoms with Crippen LogP contribution in [-0.2, 0) is 7.05 Å². The molecule has 0 bridgehead atoms. The summed E-state index contributed by atoms with van der Waals surface area (Å²) in [6.07, 6.45) is 2.47. The van der Waals surface area contributed by atoms with E-state index in [1.807, 2.05) is 0 Å². The summed E-state index contributed by atoms with van der Waals surface area (Å²) in [4.78, 5) is 15.3. The Morgan fingerprint density at radius 3 is 2.73 bits per heavy atom. The first-order valence-electron chi connectivity index (χ1n) is 4.19. The molecule has 0 aliphatic rings. The number of ketones is 1. The van der Waals surface area contributed by atoms with Crippen LogP contribution in [0.2, 0.25) is 0 Å². The number of rotatable bonds is 2. The highest BCUT2D eigenvalue weighted by Gasteiger charge is 2.13. The molecule has 0 saturated heterocycles. The zero-order valence-corrected chi connectivity index (χ0v) is 7.88. The van der Waals surface area contributed by atoms with Crippen molar-refractivity contribution in [1.29, 1.82) is 0 Å². The Morgan fingerprint density at radius 2 is 2.20 bits per heavy atom. The van der Waals surface area contributed by atoms with Gasteiger partial charge in [-0.05, 0) is 12.1 Å². The van der Waals surface area contributed by atoms with Crippen molar-refractivity contribution in [2.75, 3.05) is 0 Å². The first-order chi connectivity index (χ1) is 7.16. The molecule has 0 amide bonds. The van der Waals surface area contributed by atoms with E-state index in [2.05, 4.69) is 15.3 Å². The fourth-order valence-electron chi connectivity index (χ4n) is 1.09. The van der Waals surface area contributed by atoms with Crippen molar-refractivity contribution in [3.8, 4) is 0 Å². The largest absolute Gasteiger partial charge is 0.285 e. The van der Waals surface area contributed by atoms with Gasteiger partial charge in [0, 0.05) is 7.05 Å². The fraction of sp³-hybridized carbons (Fsp3) is 0.111. The summed E-state index contributed by atoms with van der Waals surface area (Å²) >= 11 is 0. The summed E-state index contributed by atoms with van der Waals surface area (Å²) in [5, 5.41) is 7.27. The van der Waals surface area contributed by atoms with Crippen LogP contribution in [0.5, 0.6) is 0 Å². The number of pyridine rings is 1. The van der Waals surface area contributed by atoms with E-state index in [-0.39, 0.29) is 17.2 Å². The molecule has 0 N–H and O–H groups in total. The van der Waals surface area contributed by atoms with Crippen molar-refractivity contribution < 1.29 is 9.18 Å². The molecule has 5 nitrogen and oxygen atoms in total. The molecule has 0 aliphatic heterocycles. The van der Waals surface area contributed by atoms with Crippen LogP contribution in [0.25, 0.3) is 0 Å². The van der Waals surface area contributed by atoms with Crippen molar-refractivity contribution in [3.05, 3.63) is 41.7 Å². The van der Waals surface area contributed by atoms with E-state index < -0.39 is 5.82 Å². The average Bonchev–Trinajstić information content (AvgIpc) is 2.65. The lowest BCUT2D eigenvalue weighted by Crippen LogP contribution is -2.04. The van der Waals surface area contributed by atoms with Gasteiger partial charge in [-0.1, -0.05) is 5.21 Å². The van der Waals surface area contributed by atoms with Crippen LogP contribution in [0.3, 0.4) is 0 Å². The highest BCUT2D eigenvalue weighted by Crippen LogP contribution is 2.04. The summed E-state index contributed by atoms with van der Waals surface area (Å²) in [7, 11) is 1.65. The maximum Gasteiger partial charge on any atom is 0.233 e. The highest BCUT2D eigenvalue weighted by molar-refractivity contribution is 6.06. The second kappa shape index (κ2) is 3.56. The Labute approximate surface area is 84.6 Å². The molecule has 0 spiro atoms. The second-order valence-corrected chi connectivity index (χ2v) is 2.97. The maximum absolute atomic E-state index is 12.6. The lowest BCUT2D eigenvalue weighted by atomic mass is 10.2. The third kappa shape index (κ3) is 1.88. The third-order valence-electron chi connectivity index (χ3n) is 1.80. The quantitative estimate of drug-likeness (QED) is 0.674. The van der Waals surface area contributed by atoms with E-state index in [1.165, 1.54) is 23.0 Å². The summed E-state index contributed by atoms with van der Waals surface area (Å²) < 4.78 is 14.0. The van der Waals surface area contributed by atoms with Gasteiger partial charge >= 0.3 is 0 Å². The number of nitrogens with zero attached hydrogens (tertiary/aromatic N) is 4. The van der Waals surface area contributed by atoms with Crippen molar-refractivity contribution in [2.24, 2.45) is 7.05 Å². The molecule has 15 heavy (non-hydrogen) atoms. The minimum Gasteiger partial charge on any atom is -0.285 e. The number of aryl methyl sites for hydroxylation is 1. The molecule has 2 heterocycles. The molecular formula is C9H7FN4O. The van der Waals surface area contributed by atoms with Gasteiger partial charge in [-0.2, -0.15) is 0 Å². The van der Waals surface area contributed by atoms with Crippen LogP contribution in [0.15, 0.2) is 24.5 Å². The number of halogens is 1. The van der Waals surface area contributed by atoms with Gasteiger partial charge in [0.05, 0.1) is 12.4 Å². The molecule has 6 heteroatoms. The van der Waals surface area contributed by atoms with E-state index >= 15 is 0 Å². The van der Waals surface area contributed by atoms with Crippen LogP contribution < -0.4 is 0 Å². The van der Waals surface area contributed by atoms with Gasteiger partial charge in [-0.3, -0.25) is 9.48 Å². The molecule has 76 valence electrons. The van der Waals surface area contributed by atoms with E-state index in [0.29, 0.717) is 0 Å². The number of aromatic nitrogens is 4. The molecule has 2 rings (SSSR count). The predicted octanol–water partition coefficient (Wildman–Crippen LogP) is 0.580. The van der Waals surface area contributed by atoms with Gasteiger partial charge < -0.3 is 0 Å². The van der Waals surface area contributed by atoms with Gasteiger partial charge in [0.1, 0.15) is 11.5 Å². The number of hydrogen-bond acceptors (Lipinski definition) is 4. The van der Waals surface area contributed by atoms with Crippen molar-refractivity contribution in [3.63, 3.8) is 0 Å². The summed E-state index contributed by atoms with van der Waals surface area (Å²) in [6, 6.07) is 2.49. The molecule has 0 aromatic carbocycles. The van der Waals surface area contributed by atoms with Crippen molar-refractivity contribution in [2.45, 2.75) is 0 Å². The fourth-order valence-corrected chi connectivity index (χ4v) is 1.09. The minimum atomic E-state index is -0.481. The molecular weight excluding hydrogens is 199 g/mol. The first-order valence-corrected chi connectivity index (χ1v) is 4.19. The average molecular weight is 206 g/mol. The molecule has 2 aromatic heterocycles. The predicted molar refractivity (Wildman–Crippen MR) is 48.6 cm³/mol. The Hall–Kier alpha value is -2.11. The lowest BCUT2D eigenvalue weighted by Gasteiger charge is -1.94. The molecule has 0 radical (unpaired) electrons. The number of carbonyl (C=O) groups is 1. The molecule has 2 aromatic rings. The Balaban J connectivity index is 2.32. The molecule has 0 saturated carbocycles. The zero-order chi connectivity index (χ0) is 10.8. The Morgan fingerprint density at radius 1 is 1.40 bits per heavy atom. The monoisotopic (exact) mass is 206 g/mol. The molecule has 0 fully saturated rings. The minimum absolute atomic E-state index is 0.150. The standard InChI is InChI=1S/C9H7FN4O/c1-14-5-8(12-13-14)9(15)7-3-2-6(10)4-11-7/h2-5H,1H3. The Bertz CT molecular complexity index is 491. The molecule has 0 aliphatic carbocycles. The van der Waals surface area contributed by atoms with Crippen LogP contribution >= 0.6 is 0 Å². The summed E-state index contributed by atoms with van der Waals surface area (Å²) in [5.74, 6) is -0.853. The highest BCUT2D eigenvalue weighted by atomic mass is 19.1.